The van der Waals surface area contributed by atoms with Gasteiger partial charge in [-0.3, -0.25) is 0 Å². The molecule has 0 aliphatic carbocycles. The normalized spacial score (nSPS) is 18.6. The minimum absolute atomic E-state index is 0.598. The van der Waals surface area contributed by atoms with Crippen molar-refractivity contribution in [3.63, 3.8) is 0 Å². The highest BCUT2D eigenvalue weighted by Gasteiger charge is 2.31. The first-order chi connectivity index (χ1) is 9.14. The molecule has 0 spiro atoms. The average molecular weight is 280 g/mol. The van der Waals surface area contributed by atoms with Crippen LogP contribution in [0.3, 0.4) is 0 Å². The van der Waals surface area contributed by atoms with Gasteiger partial charge >= 0.3 is 0 Å². The van der Waals surface area contributed by atoms with Crippen molar-refractivity contribution in [1.29, 1.82) is 0 Å². The van der Waals surface area contributed by atoms with Crippen LogP contribution in [0.5, 0.6) is 0 Å². The third kappa shape index (κ3) is 3.08. The van der Waals surface area contributed by atoms with Gasteiger partial charge < -0.3 is 4.90 Å². The molecule has 0 atom stereocenters. The molecule has 1 aromatic rings. The Morgan fingerprint density at radius 2 is 1.79 bits per heavy atom. The van der Waals surface area contributed by atoms with Crippen molar-refractivity contribution in [3.8, 4) is 0 Å². The van der Waals surface area contributed by atoms with Crippen LogP contribution in [-0.2, 0) is 5.88 Å². The second kappa shape index (κ2) is 6.17. The van der Waals surface area contributed by atoms with Gasteiger partial charge in [-0.05, 0) is 42.4 Å². The number of alkyl halides is 1. The summed E-state index contributed by atoms with van der Waals surface area (Å²) in [5.74, 6) is 0.607. The highest BCUT2D eigenvalue weighted by Crippen LogP contribution is 2.39. The number of halogens is 1. The van der Waals surface area contributed by atoms with E-state index in [0.29, 0.717) is 11.3 Å². The monoisotopic (exact) mass is 279 g/mol. The Morgan fingerprint density at radius 3 is 2.26 bits per heavy atom. The molecule has 0 N–H and O–H groups in total. The fourth-order valence-electron chi connectivity index (χ4n) is 3.33. The Kier molecular flexibility index (Phi) is 4.78. The molecule has 1 fully saturated rings. The zero-order chi connectivity index (χ0) is 13.9. The Bertz CT molecular complexity index is 413. The summed E-state index contributed by atoms with van der Waals surface area (Å²) < 4.78 is 0. The summed E-state index contributed by atoms with van der Waals surface area (Å²) >= 11 is 5.90. The van der Waals surface area contributed by atoms with Crippen LogP contribution in [0, 0.1) is 12.3 Å². The van der Waals surface area contributed by atoms with Gasteiger partial charge in [0.05, 0.1) is 0 Å². The van der Waals surface area contributed by atoms with Crippen molar-refractivity contribution in [2.75, 3.05) is 18.0 Å². The van der Waals surface area contributed by atoms with Gasteiger partial charge in [0.15, 0.2) is 0 Å². The number of benzene rings is 1. The van der Waals surface area contributed by atoms with E-state index < -0.39 is 0 Å². The van der Waals surface area contributed by atoms with E-state index >= 15 is 0 Å². The van der Waals surface area contributed by atoms with E-state index in [2.05, 4.69) is 43.9 Å². The third-order valence-electron chi connectivity index (χ3n) is 5.08. The van der Waals surface area contributed by atoms with E-state index in [9.17, 15) is 0 Å². The zero-order valence-electron chi connectivity index (χ0n) is 12.5. The van der Waals surface area contributed by atoms with Crippen LogP contribution in [0.2, 0.25) is 0 Å². The number of nitrogens with zero attached hydrogens (tertiary/aromatic N) is 1. The molecule has 2 rings (SSSR count). The maximum Gasteiger partial charge on any atom is 0.0474 e. The molecule has 1 saturated heterocycles. The standard InChI is InChI=1S/C17H26ClN/c1-4-17(5-2)8-10-19(11-9-17)16-7-6-15(13-18)12-14(16)3/h6-7,12H,4-5,8-11,13H2,1-3H3. The Labute approximate surface area is 123 Å². The first-order valence-corrected chi connectivity index (χ1v) is 8.08. The van der Waals surface area contributed by atoms with Crippen molar-refractivity contribution in [1.82, 2.24) is 0 Å². The number of hydrogen-bond donors (Lipinski definition) is 0. The van der Waals surface area contributed by atoms with Gasteiger partial charge in [0, 0.05) is 24.7 Å². The molecular formula is C17H26ClN. The summed E-state index contributed by atoms with van der Waals surface area (Å²) in [6, 6.07) is 6.64. The molecule has 0 unspecified atom stereocenters. The van der Waals surface area contributed by atoms with Crippen molar-refractivity contribution < 1.29 is 0 Å². The third-order valence-corrected chi connectivity index (χ3v) is 5.39. The van der Waals surface area contributed by atoms with Gasteiger partial charge in [0.1, 0.15) is 0 Å². The van der Waals surface area contributed by atoms with Crippen molar-refractivity contribution in [2.24, 2.45) is 5.41 Å². The number of hydrogen-bond acceptors (Lipinski definition) is 1. The fraction of sp³-hybridized carbons (Fsp3) is 0.647. The summed E-state index contributed by atoms with van der Waals surface area (Å²) in [5, 5.41) is 0. The van der Waals surface area contributed by atoms with Crippen LogP contribution in [-0.4, -0.2) is 13.1 Å². The minimum Gasteiger partial charge on any atom is -0.371 e. The second-order valence-electron chi connectivity index (χ2n) is 5.95. The van der Waals surface area contributed by atoms with Crippen LogP contribution < -0.4 is 4.90 Å². The maximum absolute atomic E-state index is 5.90. The van der Waals surface area contributed by atoms with Gasteiger partial charge in [0.2, 0.25) is 0 Å². The van der Waals surface area contributed by atoms with E-state index in [0.717, 1.165) is 0 Å². The molecule has 0 radical (unpaired) electrons. The quantitative estimate of drug-likeness (QED) is 0.690. The molecule has 1 aliphatic rings. The number of piperidine rings is 1. The molecule has 0 saturated carbocycles. The maximum atomic E-state index is 5.90. The van der Waals surface area contributed by atoms with E-state index in [1.165, 1.54) is 55.6 Å². The summed E-state index contributed by atoms with van der Waals surface area (Å²) in [7, 11) is 0. The lowest BCUT2D eigenvalue weighted by Gasteiger charge is -2.42. The summed E-state index contributed by atoms with van der Waals surface area (Å²) in [6.45, 7) is 9.29. The highest BCUT2D eigenvalue weighted by molar-refractivity contribution is 6.17. The zero-order valence-corrected chi connectivity index (χ0v) is 13.3. The molecule has 19 heavy (non-hydrogen) atoms. The Balaban J connectivity index is 2.09. The summed E-state index contributed by atoms with van der Waals surface area (Å²) in [5.41, 5.74) is 4.57. The number of rotatable bonds is 4. The first-order valence-electron chi connectivity index (χ1n) is 7.54. The van der Waals surface area contributed by atoms with Crippen molar-refractivity contribution in [2.45, 2.75) is 52.3 Å². The average Bonchev–Trinajstić information content (AvgIpc) is 2.47. The van der Waals surface area contributed by atoms with Gasteiger partial charge in [-0.2, -0.15) is 0 Å². The molecule has 1 aromatic carbocycles. The number of anilines is 1. The minimum atomic E-state index is 0.598. The summed E-state index contributed by atoms with van der Waals surface area (Å²) in [6.07, 6.45) is 5.30. The van der Waals surface area contributed by atoms with Crippen LogP contribution in [0.15, 0.2) is 18.2 Å². The molecule has 1 aliphatic heterocycles. The lowest BCUT2D eigenvalue weighted by molar-refractivity contribution is 0.199. The first kappa shape index (κ1) is 14.7. The lowest BCUT2D eigenvalue weighted by Crippen LogP contribution is -2.39. The molecule has 0 bridgehead atoms. The van der Waals surface area contributed by atoms with Crippen LogP contribution in [0.1, 0.15) is 50.7 Å². The molecule has 2 heteroatoms. The topological polar surface area (TPSA) is 3.24 Å². The second-order valence-corrected chi connectivity index (χ2v) is 6.22. The Morgan fingerprint density at radius 1 is 1.16 bits per heavy atom. The van der Waals surface area contributed by atoms with Crippen molar-refractivity contribution >= 4 is 17.3 Å². The van der Waals surface area contributed by atoms with Crippen LogP contribution in [0.4, 0.5) is 5.69 Å². The molecule has 0 aromatic heterocycles. The van der Waals surface area contributed by atoms with Gasteiger partial charge in [-0.1, -0.05) is 38.8 Å². The van der Waals surface area contributed by atoms with E-state index in [4.69, 9.17) is 11.6 Å². The smallest absolute Gasteiger partial charge is 0.0474 e. The van der Waals surface area contributed by atoms with Crippen molar-refractivity contribution in [3.05, 3.63) is 29.3 Å². The summed E-state index contributed by atoms with van der Waals surface area (Å²) in [4.78, 5) is 2.55. The van der Waals surface area contributed by atoms with Gasteiger partial charge in [0.25, 0.3) is 0 Å². The van der Waals surface area contributed by atoms with E-state index in [1.807, 2.05) is 0 Å². The predicted octanol–water partition coefficient (Wildman–Crippen LogP) is 5.14. The number of aryl methyl sites for hydroxylation is 1. The molecule has 106 valence electrons. The highest BCUT2D eigenvalue weighted by atomic mass is 35.5. The fourth-order valence-corrected chi connectivity index (χ4v) is 3.50. The van der Waals surface area contributed by atoms with Gasteiger partial charge in [-0.25, -0.2) is 0 Å². The van der Waals surface area contributed by atoms with E-state index in [1.54, 1.807) is 0 Å². The molecule has 0 amide bonds. The van der Waals surface area contributed by atoms with Gasteiger partial charge in [-0.15, -0.1) is 11.6 Å². The largest absolute Gasteiger partial charge is 0.371 e. The molecule has 1 nitrogen and oxygen atoms in total. The van der Waals surface area contributed by atoms with Crippen LogP contribution >= 0.6 is 11.6 Å². The molecule has 1 heterocycles. The predicted molar refractivity (Wildman–Crippen MR) is 85.2 cm³/mol. The lowest BCUT2D eigenvalue weighted by atomic mass is 9.74. The molecular weight excluding hydrogens is 254 g/mol. The Hall–Kier alpha value is -0.690. The SMILES string of the molecule is CCC1(CC)CCN(c2ccc(CCl)cc2C)CC1. The van der Waals surface area contributed by atoms with Crippen LogP contribution in [0.25, 0.3) is 0 Å². The van der Waals surface area contributed by atoms with E-state index in [-0.39, 0.29) is 0 Å².